The van der Waals surface area contributed by atoms with Crippen molar-refractivity contribution in [2.75, 3.05) is 0 Å². The SMILES string of the molecule is CCCCCCC1=C(c2cc(CCCCCC)cc(CCCCCC)c2)[N+](=[N-])C(c2cc(CCCC)cc(CCCC)c2)=C1CCCCC. The second kappa shape index (κ2) is 23.8. The van der Waals surface area contributed by atoms with Crippen LogP contribution in [0, 0.1) is 0 Å². The molecule has 1 aliphatic heterocycles. The molecule has 0 bridgehead atoms. The molecule has 0 N–H and O–H groups in total. The quantitative estimate of drug-likeness (QED) is 0.0670. The van der Waals surface area contributed by atoms with Gasteiger partial charge in [0.1, 0.15) is 0 Å². The van der Waals surface area contributed by atoms with E-state index in [0.29, 0.717) is 0 Å². The molecule has 0 spiro atoms. The molecular weight excluding hydrogens is 593 g/mol. The van der Waals surface area contributed by atoms with E-state index in [0.717, 1.165) is 49.9 Å². The molecule has 0 saturated heterocycles. The minimum atomic E-state index is 1.04. The van der Waals surface area contributed by atoms with Crippen LogP contribution in [0.1, 0.15) is 210 Å². The third-order valence-corrected chi connectivity index (χ3v) is 10.6. The van der Waals surface area contributed by atoms with Crippen molar-refractivity contribution >= 4 is 11.4 Å². The zero-order valence-corrected chi connectivity index (χ0v) is 33.0. The van der Waals surface area contributed by atoms with E-state index in [4.69, 9.17) is 0 Å². The third kappa shape index (κ3) is 13.3. The maximum Gasteiger partial charge on any atom is 0.211 e. The Labute approximate surface area is 303 Å². The molecule has 0 fully saturated rings. The summed E-state index contributed by atoms with van der Waals surface area (Å²) in [6.45, 7) is 13.8. The Kier molecular flexibility index (Phi) is 19.9. The number of unbranched alkanes of at least 4 members (excludes halogenated alkanes) is 13. The molecule has 0 radical (unpaired) electrons. The van der Waals surface area contributed by atoms with Crippen LogP contribution in [-0.2, 0) is 25.7 Å². The Morgan fingerprint density at radius 3 is 0.980 bits per heavy atom. The Balaban J connectivity index is 2.19. The maximum atomic E-state index is 12.6. The highest BCUT2D eigenvalue weighted by molar-refractivity contribution is 5.82. The summed E-state index contributed by atoms with van der Waals surface area (Å²) in [5.41, 5.74) is 25.8. The van der Waals surface area contributed by atoms with Crippen LogP contribution in [0.3, 0.4) is 0 Å². The summed E-state index contributed by atoms with van der Waals surface area (Å²) >= 11 is 0. The highest BCUT2D eigenvalue weighted by Crippen LogP contribution is 2.45. The minimum absolute atomic E-state index is 1.04. The molecule has 2 aromatic rings. The molecule has 272 valence electrons. The second-order valence-corrected chi connectivity index (χ2v) is 15.1. The molecule has 2 nitrogen and oxygen atoms in total. The molecule has 0 atom stereocenters. The number of aryl methyl sites for hydroxylation is 4. The number of allylic oxidation sites excluding steroid dienone is 2. The fourth-order valence-electron chi connectivity index (χ4n) is 7.71. The van der Waals surface area contributed by atoms with Gasteiger partial charge in [-0.25, -0.2) is 4.70 Å². The number of benzene rings is 2. The van der Waals surface area contributed by atoms with Gasteiger partial charge in [0.2, 0.25) is 11.4 Å². The molecule has 0 aliphatic carbocycles. The van der Waals surface area contributed by atoms with Gasteiger partial charge in [0.15, 0.2) is 0 Å². The summed E-state index contributed by atoms with van der Waals surface area (Å²) in [6.07, 6.45) is 30.2. The molecular formula is C47H74N2. The second-order valence-electron chi connectivity index (χ2n) is 15.1. The molecule has 2 heteroatoms. The zero-order chi connectivity index (χ0) is 35.3. The maximum absolute atomic E-state index is 12.6. The normalized spacial score (nSPS) is 13.4. The Morgan fingerprint density at radius 1 is 0.347 bits per heavy atom. The van der Waals surface area contributed by atoms with Crippen LogP contribution in [0.2, 0.25) is 0 Å². The van der Waals surface area contributed by atoms with E-state index < -0.39 is 0 Å². The van der Waals surface area contributed by atoms with Crippen LogP contribution in [0.25, 0.3) is 16.9 Å². The molecule has 2 aromatic carbocycles. The van der Waals surface area contributed by atoms with E-state index >= 15 is 0 Å². The van der Waals surface area contributed by atoms with Gasteiger partial charge >= 0.3 is 0 Å². The molecule has 1 heterocycles. The summed E-state index contributed by atoms with van der Waals surface area (Å²) in [6, 6.07) is 14.7. The van der Waals surface area contributed by atoms with Gasteiger partial charge in [-0.2, -0.15) is 0 Å². The van der Waals surface area contributed by atoms with Gasteiger partial charge in [-0.3, -0.25) is 0 Å². The number of rotatable bonds is 27. The average molecular weight is 667 g/mol. The van der Waals surface area contributed by atoms with Crippen molar-refractivity contribution in [3.8, 4) is 0 Å². The number of hydrogen-bond donors (Lipinski definition) is 0. The number of hydrogen-bond acceptors (Lipinski definition) is 0. The van der Waals surface area contributed by atoms with E-state index in [2.05, 4.69) is 77.9 Å². The lowest BCUT2D eigenvalue weighted by Crippen LogP contribution is -2.05. The van der Waals surface area contributed by atoms with Crippen LogP contribution in [0.15, 0.2) is 47.5 Å². The first kappa shape index (κ1) is 40.9. The summed E-state index contributed by atoms with van der Waals surface area (Å²) in [5, 5.41) is 0. The fourth-order valence-corrected chi connectivity index (χ4v) is 7.71. The summed E-state index contributed by atoms with van der Waals surface area (Å²) in [5.74, 6) is 0. The molecule has 0 aromatic heterocycles. The third-order valence-electron chi connectivity index (χ3n) is 10.6. The van der Waals surface area contributed by atoms with Crippen LogP contribution in [0.4, 0.5) is 0 Å². The zero-order valence-electron chi connectivity index (χ0n) is 33.0. The lowest BCUT2D eigenvalue weighted by Gasteiger charge is -2.15. The number of nitrogens with zero attached hydrogens (tertiary/aromatic N) is 2. The largest absolute Gasteiger partial charge is 0.493 e. The molecule has 0 unspecified atom stereocenters. The summed E-state index contributed by atoms with van der Waals surface area (Å²) in [4.78, 5) is 0. The molecule has 3 rings (SSSR count). The van der Waals surface area contributed by atoms with Gasteiger partial charge < -0.3 is 5.53 Å². The van der Waals surface area contributed by atoms with Crippen molar-refractivity contribution in [1.29, 1.82) is 0 Å². The van der Waals surface area contributed by atoms with Crippen LogP contribution >= 0.6 is 0 Å². The van der Waals surface area contributed by atoms with Crippen LogP contribution in [0.5, 0.6) is 0 Å². The molecule has 1 aliphatic rings. The van der Waals surface area contributed by atoms with E-state index in [1.807, 2.05) is 0 Å². The first-order valence-corrected chi connectivity index (χ1v) is 21.2. The standard InChI is InChI=1S/C47H74N2/c1-7-13-19-23-28-40-33-41(29-24-20-14-8-2)37-43(36-40)47-45(31-25-21-15-9-3)44(30-22-16-10-4)46(49(47)48)42-34-38(26-17-11-5)32-39(35-42)27-18-12-6/h32-37H,7-31H2,1-6H3. The average Bonchev–Trinajstić information content (AvgIpc) is 3.38. The van der Waals surface area contributed by atoms with Gasteiger partial charge in [-0.05, 0) is 124 Å². The predicted octanol–water partition coefficient (Wildman–Crippen LogP) is 15.3. The highest BCUT2D eigenvalue weighted by atomic mass is 15.2. The van der Waals surface area contributed by atoms with E-state index in [1.54, 1.807) is 4.70 Å². The summed E-state index contributed by atoms with van der Waals surface area (Å²) in [7, 11) is 0. The molecule has 0 saturated carbocycles. The van der Waals surface area contributed by atoms with Gasteiger partial charge in [0.05, 0.1) is 0 Å². The van der Waals surface area contributed by atoms with Crippen molar-refractivity contribution in [2.24, 2.45) is 0 Å². The first-order valence-electron chi connectivity index (χ1n) is 21.2. The van der Waals surface area contributed by atoms with Crippen molar-refractivity contribution in [1.82, 2.24) is 0 Å². The van der Waals surface area contributed by atoms with Gasteiger partial charge in [0, 0.05) is 22.3 Å². The van der Waals surface area contributed by atoms with Gasteiger partial charge in [-0.15, -0.1) is 0 Å². The first-order chi connectivity index (χ1) is 24.0. The Morgan fingerprint density at radius 2 is 0.633 bits per heavy atom. The molecule has 49 heavy (non-hydrogen) atoms. The smallest absolute Gasteiger partial charge is 0.211 e. The highest BCUT2D eigenvalue weighted by Gasteiger charge is 2.35. The van der Waals surface area contributed by atoms with E-state index in [1.165, 1.54) is 167 Å². The topological polar surface area (TPSA) is 25.3 Å². The van der Waals surface area contributed by atoms with Crippen molar-refractivity contribution in [2.45, 2.75) is 202 Å². The lowest BCUT2D eigenvalue weighted by molar-refractivity contribution is -0.345. The van der Waals surface area contributed by atoms with Crippen molar-refractivity contribution < 1.29 is 4.70 Å². The summed E-state index contributed by atoms with van der Waals surface area (Å²) < 4.78 is 1.68. The van der Waals surface area contributed by atoms with Gasteiger partial charge in [0.25, 0.3) is 0 Å². The molecule has 0 amide bonds. The van der Waals surface area contributed by atoms with Crippen molar-refractivity contribution in [3.63, 3.8) is 0 Å². The van der Waals surface area contributed by atoms with Gasteiger partial charge in [-0.1, -0.05) is 137 Å². The van der Waals surface area contributed by atoms with E-state index in [9.17, 15) is 5.53 Å². The lowest BCUT2D eigenvalue weighted by atomic mass is 9.89. The van der Waals surface area contributed by atoms with Crippen LogP contribution < -0.4 is 0 Å². The fraction of sp³-hybridized carbons (Fsp3) is 0.660. The predicted molar refractivity (Wildman–Crippen MR) is 216 cm³/mol. The van der Waals surface area contributed by atoms with Crippen molar-refractivity contribution in [3.05, 3.63) is 86.5 Å². The Hall–Kier alpha value is -2.48. The monoisotopic (exact) mass is 667 g/mol. The van der Waals surface area contributed by atoms with E-state index in [-0.39, 0.29) is 0 Å². The minimum Gasteiger partial charge on any atom is -0.493 e. The van der Waals surface area contributed by atoms with Crippen LogP contribution in [-0.4, -0.2) is 4.70 Å². The Bertz CT molecular complexity index is 1270.